The van der Waals surface area contributed by atoms with Gasteiger partial charge in [0.15, 0.2) is 0 Å². The molecular formula is C16H28N4. The minimum absolute atomic E-state index is 0.356. The first-order valence-corrected chi connectivity index (χ1v) is 7.94. The van der Waals surface area contributed by atoms with E-state index in [0.29, 0.717) is 5.92 Å². The van der Waals surface area contributed by atoms with Gasteiger partial charge in [0.25, 0.3) is 0 Å². The third-order valence-corrected chi connectivity index (χ3v) is 3.95. The van der Waals surface area contributed by atoms with Gasteiger partial charge in [0, 0.05) is 32.1 Å². The predicted octanol–water partition coefficient (Wildman–Crippen LogP) is 3.66. The van der Waals surface area contributed by atoms with Crippen LogP contribution in [-0.2, 0) is 0 Å². The number of aromatic nitrogens is 2. The summed E-state index contributed by atoms with van der Waals surface area (Å²) in [5.41, 5.74) is 0. The van der Waals surface area contributed by atoms with E-state index in [1.54, 1.807) is 0 Å². The molecule has 20 heavy (non-hydrogen) atoms. The van der Waals surface area contributed by atoms with E-state index in [1.165, 1.54) is 19.3 Å². The van der Waals surface area contributed by atoms with Crippen molar-refractivity contribution in [3.63, 3.8) is 0 Å². The maximum Gasteiger partial charge on any atom is 0.135 e. The van der Waals surface area contributed by atoms with Crippen LogP contribution in [0.25, 0.3) is 0 Å². The Bertz CT molecular complexity index is 426. The molecule has 0 amide bonds. The second-order valence-corrected chi connectivity index (χ2v) is 6.23. The number of hydrogen-bond donors (Lipinski definition) is 1. The van der Waals surface area contributed by atoms with Crippen LogP contribution in [0, 0.1) is 5.92 Å². The Kier molecular flexibility index (Phi) is 5.21. The summed E-state index contributed by atoms with van der Waals surface area (Å²) >= 11 is 0. The van der Waals surface area contributed by atoms with Gasteiger partial charge in [-0.05, 0) is 25.2 Å². The van der Waals surface area contributed by atoms with Crippen molar-refractivity contribution in [2.24, 2.45) is 5.92 Å². The molecule has 1 aliphatic rings. The van der Waals surface area contributed by atoms with Gasteiger partial charge in [-0.15, -0.1) is 0 Å². The van der Waals surface area contributed by atoms with Crippen LogP contribution in [0.15, 0.2) is 6.07 Å². The summed E-state index contributed by atoms with van der Waals surface area (Å²) in [6.07, 6.45) is 5.23. The molecule has 1 saturated carbocycles. The molecule has 0 unspecified atom stereocenters. The van der Waals surface area contributed by atoms with Gasteiger partial charge >= 0.3 is 0 Å². The summed E-state index contributed by atoms with van der Waals surface area (Å²) in [5, 5.41) is 3.39. The van der Waals surface area contributed by atoms with Crippen LogP contribution in [0.2, 0.25) is 0 Å². The Labute approximate surface area is 123 Å². The molecule has 1 N–H and O–H groups in total. The molecule has 0 bridgehead atoms. The molecule has 4 heteroatoms. The molecule has 1 heterocycles. The lowest BCUT2D eigenvalue weighted by molar-refractivity contribution is 0.321. The Morgan fingerprint density at radius 2 is 2.10 bits per heavy atom. The molecule has 0 spiro atoms. The van der Waals surface area contributed by atoms with Crippen LogP contribution in [0.4, 0.5) is 11.6 Å². The number of nitrogens with one attached hydrogen (secondary N) is 1. The molecular weight excluding hydrogens is 248 g/mol. The van der Waals surface area contributed by atoms with Gasteiger partial charge in [-0.25, -0.2) is 9.97 Å². The maximum absolute atomic E-state index is 4.73. The van der Waals surface area contributed by atoms with Crippen molar-refractivity contribution >= 4 is 11.6 Å². The van der Waals surface area contributed by atoms with Gasteiger partial charge in [-0.2, -0.15) is 0 Å². The molecule has 0 atom stereocenters. The van der Waals surface area contributed by atoms with Gasteiger partial charge in [0.05, 0.1) is 0 Å². The second-order valence-electron chi connectivity index (χ2n) is 6.23. The largest absolute Gasteiger partial charge is 0.370 e. The lowest BCUT2D eigenvalue weighted by atomic mass is 9.85. The Hall–Kier alpha value is -1.32. The lowest BCUT2D eigenvalue weighted by Gasteiger charge is -2.31. The highest BCUT2D eigenvalue weighted by Crippen LogP contribution is 2.28. The van der Waals surface area contributed by atoms with E-state index in [2.05, 4.69) is 49.1 Å². The molecule has 1 fully saturated rings. The van der Waals surface area contributed by atoms with Gasteiger partial charge in [0.2, 0.25) is 0 Å². The molecule has 1 aromatic rings. The summed E-state index contributed by atoms with van der Waals surface area (Å²) in [6, 6.07) is 2.08. The van der Waals surface area contributed by atoms with Gasteiger partial charge in [-0.1, -0.05) is 27.2 Å². The zero-order valence-electron chi connectivity index (χ0n) is 13.3. The van der Waals surface area contributed by atoms with Crippen molar-refractivity contribution in [3.8, 4) is 0 Å². The fourth-order valence-electron chi connectivity index (χ4n) is 2.41. The van der Waals surface area contributed by atoms with E-state index < -0.39 is 0 Å². The van der Waals surface area contributed by atoms with Crippen LogP contribution in [0.1, 0.15) is 58.2 Å². The zero-order chi connectivity index (χ0) is 14.5. The molecule has 1 aromatic heterocycles. The number of rotatable bonds is 7. The van der Waals surface area contributed by atoms with Crippen molar-refractivity contribution in [1.82, 2.24) is 9.97 Å². The maximum atomic E-state index is 4.73. The molecule has 0 radical (unpaired) electrons. The van der Waals surface area contributed by atoms with Crippen LogP contribution < -0.4 is 10.2 Å². The van der Waals surface area contributed by atoms with E-state index in [9.17, 15) is 0 Å². The minimum atomic E-state index is 0.356. The summed E-state index contributed by atoms with van der Waals surface area (Å²) in [4.78, 5) is 11.6. The third kappa shape index (κ3) is 3.84. The van der Waals surface area contributed by atoms with E-state index in [-0.39, 0.29) is 0 Å². The van der Waals surface area contributed by atoms with Crippen molar-refractivity contribution in [3.05, 3.63) is 11.9 Å². The Morgan fingerprint density at radius 3 is 2.65 bits per heavy atom. The summed E-state index contributed by atoms with van der Waals surface area (Å²) in [7, 11) is 2.15. The van der Waals surface area contributed by atoms with Crippen LogP contribution in [-0.4, -0.2) is 30.1 Å². The normalized spacial score (nSPS) is 15.2. The van der Waals surface area contributed by atoms with E-state index >= 15 is 0 Å². The average Bonchev–Trinajstić information content (AvgIpc) is 2.39. The second kappa shape index (κ2) is 6.91. The molecule has 0 aliphatic heterocycles. The molecule has 0 saturated heterocycles. The third-order valence-electron chi connectivity index (χ3n) is 3.95. The minimum Gasteiger partial charge on any atom is -0.370 e. The average molecular weight is 276 g/mol. The standard InChI is InChI=1S/C16H28N4/c1-5-9-17-14-10-15(19-16(18-14)12(2)3)20(4)11-13-7-6-8-13/h10,12-13H,5-9,11H2,1-4H3,(H,17,18,19). The van der Waals surface area contributed by atoms with E-state index in [0.717, 1.165) is 42.9 Å². The monoisotopic (exact) mass is 276 g/mol. The first-order chi connectivity index (χ1) is 9.60. The smallest absolute Gasteiger partial charge is 0.135 e. The topological polar surface area (TPSA) is 41.0 Å². The summed E-state index contributed by atoms with van der Waals surface area (Å²) in [5.74, 6) is 4.15. The number of anilines is 2. The van der Waals surface area contributed by atoms with Gasteiger partial charge in [-0.3, -0.25) is 0 Å². The van der Waals surface area contributed by atoms with Crippen LogP contribution >= 0.6 is 0 Å². The zero-order valence-corrected chi connectivity index (χ0v) is 13.3. The quantitative estimate of drug-likeness (QED) is 0.825. The molecule has 112 valence electrons. The lowest BCUT2D eigenvalue weighted by Crippen LogP contribution is -2.30. The number of nitrogens with zero attached hydrogens (tertiary/aromatic N) is 3. The molecule has 1 aliphatic carbocycles. The number of hydrogen-bond acceptors (Lipinski definition) is 4. The highest BCUT2D eigenvalue weighted by Gasteiger charge is 2.20. The Balaban J connectivity index is 2.13. The first-order valence-electron chi connectivity index (χ1n) is 7.94. The van der Waals surface area contributed by atoms with Gasteiger partial charge < -0.3 is 10.2 Å². The molecule has 2 rings (SSSR count). The molecule has 4 nitrogen and oxygen atoms in total. The molecule has 0 aromatic carbocycles. The fourth-order valence-corrected chi connectivity index (χ4v) is 2.41. The fraction of sp³-hybridized carbons (Fsp3) is 0.750. The van der Waals surface area contributed by atoms with Crippen molar-refractivity contribution in [2.75, 3.05) is 30.4 Å². The van der Waals surface area contributed by atoms with Crippen molar-refractivity contribution in [2.45, 2.75) is 52.4 Å². The van der Waals surface area contributed by atoms with Gasteiger partial charge in [0.1, 0.15) is 17.5 Å². The van der Waals surface area contributed by atoms with Crippen molar-refractivity contribution < 1.29 is 0 Å². The van der Waals surface area contributed by atoms with Crippen LogP contribution in [0.3, 0.4) is 0 Å². The predicted molar refractivity (Wildman–Crippen MR) is 85.5 cm³/mol. The van der Waals surface area contributed by atoms with Crippen molar-refractivity contribution in [1.29, 1.82) is 0 Å². The summed E-state index contributed by atoms with van der Waals surface area (Å²) in [6.45, 7) is 8.53. The SMILES string of the molecule is CCCNc1cc(N(C)CC2CCC2)nc(C(C)C)n1. The van der Waals surface area contributed by atoms with E-state index in [1.807, 2.05) is 0 Å². The Morgan fingerprint density at radius 1 is 1.35 bits per heavy atom. The van der Waals surface area contributed by atoms with Crippen LogP contribution in [0.5, 0.6) is 0 Å². The summed E-state index contributed by atoms with van der Waals surface area (Å²) < 4.78 is 0. The first kappa shape index (κ1) is 15.1. The highest BCUT2D eigenvalue weighted by molar-refractivity contribution is 5.49. The van der Waals surface area contributed by atoms with E-state index in [4.69, 9.17) is 4.98 Å². The highest BCUT2D eigenvalue weighted by atomic mass is 15.2.